The lowest BCUT2D eigenvalue weighted by Crippen LogP contribution is -2.13. The maximum absolute atomic E-state index is 11.1. The zero-order valence-electron chi connectivity index (χ0n) is 10.6. The number of benzene rings is 1. The molecule has 1 aliphatic rings. The van der Waals surface area contributed by atoms with Crippen molar-refractivity contribution in [3.05, 3.63) is 39.1 Å². The number of carbonyl (C=O) groups is 1. The van der Waals surface area contributed by atoms with Crippen molar-refractivity contribution in [2.24, 2.45) is 0 Å². The number of aldehydes is 1. The molecule has 1 aromatic carbocycles. The van der Waals surface area contributed by atoms with Crippen molar-refractivity contribution in [1.29, 1.82) is 0 Å². The molecular formula is C13H13NO5. The number of fused-ring (bicyclic) bond motifs is 1. The normalized spacial score (nSPS) is 17.2. The predicted octanol–water partition coefficient (Wildman–Crippen LogP) is 2.01. The Labute approximate surface area is 109 Å². The second-order valence-corrected chi connectivity index (χ2v) is 4.18. The molecule has 0 radical (unpaired) electrons. The van der Waals surface area contributed by atoms with E-state index < -0.39 is 10.8 Å². The van der Waals surface area contributed by atoms with Crippen LogP contribution in [0.15, 0.2) is 17.8 Å². The van der Waals surface area contributed by atoms with Gasteiger partial charge in [0.1, 0.15) is 6.29 Å². The molecule has 19 heavy (non-hydrogen) atoms. The van der Waals surface area contributed by atoms with Gasteiger partial charge in [-0.15, -0.1) is 0 Å². The molecule has 0 saturated heterocycles. The van der Waals surface area contributed by atoms with Gasteiger partial charge in [0.05, 0.1) is 31.5 Å². The van der Waals surface area contributed by atoms with Crippen LogP contribution < -0.4 is 9.47 Å². The van der Waals surface area contributed by atoms with Crippen molar-refractivity contribution in [2.75, 3.05) is 14.2 Å². The Morgan fingerprint density at radius 3 is 2.47 bits per heavy atom. The van der Waals surface area contributed by atoms with E-state index in [4.69, 9.17) is 9.47 Å². The van der Waals surface area contributed by atoms with Crippen LogP contribution in [-0.4, -0.2) is 25.4 Å². The molecular weight excluding hydrogens is 250 g/mol. The molecule has 1 atom stereocenters. The first-order valence-corrected chi connectivity index (χ1v) is 5.67. The molecule has 6 nitrogen and oxygen atoms in total. The third kappa shape index (κ3) is 2.29. The standard InChI is InChI=1S/C13H13NO5/c1-18-12-5-8-3-10(14(16)17)4-9(7-15)11(8)6-13(12)19-2/h3,5-7,9H,4H2,1-2H3. The van der Waals surface area contributed by atoms with Gasteiger partial charge in [-0.2, -0.15) is 0 Å². The molecule has 0 amide bonds. The molecule has 0 heterocycles. The number of hydrogen-bond acceptors (Lipinski definition) is 5. The van der Waals surface area contributed by atoms with E-state index in [1.54, 1.807) is 12.1 Å². The number of allylic oxidation sites excluding steroid dienone is 1. The number of nitrogens with zero attached hydrogens (tertiary/aromatic N) is 1. The third-order valence-corrected chi connectivity index (χ3v) is 3.14. The summed E-state index contributed by atoms with van der Waals surface area (Å²) in [5.41, 5.74) is 1.36. The van der Waals surface area contributed by atoms with E-state index in [1.165, 1.54) is 20.3 Å². The Morgan fingerprint density at radius 2 is 1.95 bits per heavy atom. The van der Waals surface area contributed by atoms with Gasteiger partial charge in [-0.05, 0) is 23.3 Å². The monoisotopic (exact) mass is 263 g/mol. The summed E-state index contributed by atoms with van der Waals surface area (Å²) >= 11 is 0. The van der Waals surface area contributed by atoms with Crippen molar-refractivity contribution in [3.8, 4) is 11.5 Å². The van der Waals surface area contributed by atoms with Gasteiger partial charge in [0.25, 0.3) is 0 Å². The molecule has 0 bridgehead atoms. The van der Waals surface area contributed by atoms with E-state index in [0.29, 0.717) is 17.1 Å². The van der Waals surface area contributed by atoms with E-state index in [0.717, 1.165) is 11.8 Å². The Kier molecular flexibility index (Phi) is 3.50. The average Bonchev–Trinajstić information content (AvgIpc) is 2.44. The van der Waals surface area contributed by atoms with Crippen molar-refractivity contribution in [1.82, 2.24) is 0 Å². The van der Waals surface area contributed by atoms with Crippen LogP contribution in [0.3, 0.4) is 0 Å². The number of ether oxygens (including phenoxy) is 2. The zero-order valence-corrected chi connectivity index (χ0v) is 10.6. The number of carbonyl (C=O) groups excluding carboxylic acids is 1. The van der Waals surface area contributed by atoms with Crippen LogP contribution in [-0.2, 0) is 4.79 Å². The molecule has 0 aromatic heterocycles. The maximum Gasteiger partial charge on any atom is 0.247 e. The van der Waals surface area contributed by atoms with Gasteiger partial charge >= 0.3 is 0 Å². The van der Waals surface area contributed by atoms with Crippen LogP contribution in [0, 0.1) is 10.1 Å². The lowest BCUT2D eigenvalue weighted by atomic mass is 9.86. The van der Waals surface area contributed by atoms with E-state index in [-0.39, 0.29) is 12.1 Å². The number of hydrogen-bond donors (Lipinski definition) is 0. The van der Waals surface area contributed by atoms with Crippen LogP contribution in [0.25, 0.3) is 6.08 Å². The second-order valence-electron chi connectivity index (χ2n) is 4.18. The van der Waals surface area contributed by atoms with E-state index in [9.17, 15) is 14.9 Å². The van der Waals surface area contributed by atoms with Gasteiger partial charge in [-0.3, -0.25) is 10.1 Å². The Hall–Kier alpha value is -2.37. The Bertz CT molecular complexity index is 564. The Balaban J connectivity index is 2.61. The summed E-state index contributed by atoms with van der Waals surface area (Å²) in [5.74, 6) is 0.456. The highest BCUT2D eigenvalue weighted by Crippen LogP contribution is 2.39. The molecule has 1 aliphatic carbocycles. The topological polar surface area (TPSA) is 78.7 Å². The van der Waals surface area contributed by atoms with Crippen molar-refractivity contribution < 1.29 is 19.2 Å². The van der Waals surface area contributed by atoms with Gasteiger partial charge in [0.15, 0.2) is 11.5 Å². The van der Waals surface area contributed by atoms with Crippen molar-refractivity contribution in [2.45, 2.75) is 12.3 Å². The molecule has 0 spiro atoms. The third-order valence-electron chi connectivity index (χ3n) is 3.14. The fourth-order valence-corrected chi connectivity index (χ4v) is 2.18. The summed E-state index contributed by atoms with van der Waals surface area (Å²) in [5, 5.41) is 10.9. The van der Waals surface area contributed by atoms with Crippen molar-refractivity contribution in [3.63, 3.8) is 0 Å². The zero-order chi connectivity index (χ0) is 14.0. The van der Waals surface area contributed by atoms with Crippen LogP contribution in [0.4, 0.5) is 0 Å². The largest absolute Gasteiger partial charge is 0.493 e. The molecule has 0 saturated carbocycles. The van der Waals surface area contributed by atoms with Crippen LogP contribution in [0.2, 0.25) is 0 Å². The van der Waals surface area contributed by atoms with Crippen LogP contribution in [0.1, 0.15) is 23.5 Å². The first-order chi connectivity index (χ1) is 9.10. The summed E-state index contributed by atoms with van der Waals surface area (Å²) < 4.78 is 10.3. The number of methoxy groups -OCH3 is 2. The lowest BCUT2D eigenvalue weighted by Gasteiger charge is -2.19. The summed E-state index contributed by atoms with van der Waals surface area (Å²) in [7, 11) is 2.99. The summed E-state index contributed by atoms with van der Waals surface area (Å²) in [4.78, 5) is 21.5. The second kappa shape index (κ2) is 5.09. The first kappa shape index (κ1) is 13.1. The maximum atomic E-state index is 11.1. The molecule has 0 N–H and O–H groups in total. The molecule has 1 unspecified atom stereocenters. The Morgan fingerprint density at radius 1 is 1.32 bits per heavy atom. The average molecular weight is 263 g/mol. The highest BCUT2D eigenvalue weighted by atomic mass is 16.6. The first-order valence-electron chi connectivity index (χ1n) is 5.67. The van der Waals surface area contributed by atoms with Gasteiger partial charge in [-0.25, -0.2) is 0 Å². The van der Waals surface area contributed by atoms with E-state index in [2.05, 4.69) is 0 Å². The molecule has 100 valence electrons. The number of rotatable bonds is 4. The lowest BCUT2D eigenvalue weighted by molar-refractivity contribution is -0.426. The molecule has 0 aliphatic heterocycles. The predicted molar refractivity (Wildman–Crippen MR) is 67.9 cm³/mol. The van der Waals surface area contributed by atoms with Gasteiger partial charge in [0, 0.05) is 6.08 Å². The fraction of sp³-hybridized carbons (Fsp3) is 0.308. The summed E-state index contributed by atoms with van der Waals surface area (Å²) in [6.45, 7) is 0. The van der Waals surface area contributed by atoms with Crippen molar-refractivity contribution >= 4 is 12.4 Å². The smallest absolute Gasteiger partial charge is 0.247 e. The minimum atomic E-state index is -0.528. The fourth-order valence-electron chi connectivity index (χ4n) is 2.18. The molecule has 1 aromatic rings. The quantitative estimate of drug-likeness (QED) is 0.471. The highest BCUT2D eigenvalue weighted by molar-refractivity contribution is 5.73. The summed E-state index contributed by atoms with van der Waals surface area (Å²) in [6, 6.07) is 3.34. The summed E-state index contributed by atoms with van der Waals surface area (Å²) in [6.07, 6.45) is 2.29. The van der Waals surface area contributed by atoms with E-state index >= 15 is 0 Å². The van der Waals surface area contributed by atoms with Gasteiger partial charge in [0.2, 0.25) is 5.70 Å². The molecule has 6 heteroatoms. The number of nitro groups is 1. The van der Waals surface area contributed by atoms with Crippen LogP contribution in [0.5, 0.6) is 11.5 Å². The minimum Gasteiger partial charge on any atom is -0.493 e. The minimum absolute atomic E-state index is 0.0248. The SMILES string of the molecule is COc1cc2c(cc1OC)C(C=O)CC([N+](=O)[O-])=C2. The van der Waals surface area contributed by atoms with Crippen LogP contribution >= 0.6 is 0 Å². The highest BCUT2D eigenvalue weighted by Gasteiger charge is 2.28. The molecule has 2 rings (SSSR count). The van der Waals surface area contributed by atoms with E-state index in [1.807, 2.05) is 0 Å². The van der Waals surface area contributed by atoms with Gasteiger partial charge < -0.3 is 14.3 Å². The van der Waals surface area contributed by atoms with Gasteiger partial charge in [-0.1, -0.05) is 0 Å². The molecule has 0 fully saturated rings.